The monoisotopic (exact) mass is 251 g/mol. The Morgan fingerprint density at radius 2 is 2.06 bits per heavy atom. The molecule has 5 nitrogen and oxygen atoms in total. The molecule has 0 radical (unpaired) electrons. The lowest BCUT2D eigenvalue weighted by molar-refractivity contribution is 0.0698. The fraction of sp³-hybridized carbons (Fsp3) is 0.385. The molecule has 0 atom stereocenters. The summed E-state index contributed by atoms with van der Waals surface area (Å²) in [4.78, 5) is 22.4. The molecule has 0 saturated carbocycles. The lowest BCUT2D eigenvalue weighted by Crippen LogP contribution is -2.16. The van der Waals surface area contributed by atoms with Crippen molar-refractivity contribution in [3.05, 3.63) is 29.3 Å². The van der Waals surface area contributed by atoms with Crippen LogP contribution in [0.1, 0.15) is 36.2 Å². The number of anilines is 1. The van der Waals surface area contributed by atoms with Gasteiger partial charge >= 0.3 is 12.1 Å². The molecule has 18 heavy (non-hydrogen) atoms. The van der Waals surface area contributed by atoms with Crippen LogP contribution < -0.4 is 5.32 Å². The first-order valence-corrected chi connectivity index (χ1v) is 5.88. The summed E-state index contributed by atoms with van der Waals surface area (Å²) in [6.45, 7) is 3.94. The highest BCUT2D eigenvalue weighted by molar-refractivity contribution is 5.98. The molecule has 0 aliphatic heterocycles. The van der Waals surface area contributed by atoms with Crippen LogP contribution >= 0.6 is 0 Å². The van der Waals surface area contributed by atoms with Gasteiger partial charge in [-0.15, -0.1) is 0 Å². The third-order valence-electron chi connectivity index (χ3n) is 2.37. The molecule has 0 aliphatic rings. The van der Waals surface area contributed by atoms with Crippen molar-refractivity contribution in [1.29, 1.82) is 0 Å². The van der Waals surface area contributed by atoms with E-state index >= 15 is 0 Å². The first-order chi connectivity index (χ1) is 8.58. The summed E-state index contributed by atoms with van der Waals surface area (Å²) in [5.74, 6) is -1.07. The lowest BCUT2D eigenvalue weighted by atomic mass is 10.1. The molecule has 0 unspecified atom stereocenters. The second kappa shape index (κ2) is 6.64. The van der Waals surface area contributed by atoms with Gasteiger partial charge in [-0.05, 0) is 31.0 Å². The largest absolute Gasteiger partial charge is 0.478 e. The van der Waals surface area contributed by atoms with Crippen LogP contribution in [-0.4, -0.2) is 23.8 Å². The van der Waals surface area contributed by atoms with Crippen molar-refractivity contribution < 1.29 is 19.4 Å². The van der Waals surface area contributed by atoms with Crippen LogP contribution in [-0.2, 0) is 11.2 Å². The molecule has 2 N–H and O–H groups in total. The Morgan fingerprint density at radius 1 is 1.33 bits per heavy atom. The van der Waals surface area contributed by atoms with Crippen molar-refractivity contribution in [2.24, 2.45) is 0 Å². The number of carbonyl (C=O) groups excluding carboxylic acids is 1. The number of nitrogens with one attached hydrogen (secondary N) is 1. The fourth-order valence-electron chi connectivity index (χ4n) is 1.60. The first kappa shape index (κ1) is 14.0. The van der Waals surface area contributed by atoms with Gasteiger partial charge in [0.2, 0.25) is 0 Å². The van der Waals surface area contributed by atoms with Gasteiger partial charge in [0.25, 0.3) is 0 Å². The van der Waals surface area contributed by atoms with Crippen molar-refractivity contribution in [2.75, 3.05) is 11.9 Å². The van der Waals surface area contributed by atoms with E-state index in [2.05, 4.69) is 5.32 Å². The molecule has 0 spiro atoms. The average Bonchev–Trinajstić information content (AvgIpc) is 2.31. The maximum Gasteiger partial charge on any atom is 0.411 e. The Bertz CT molecular complexity index is 443. The zero-order valence-corrected chi connectivity index (χ0v) is 10.5. The highest BCUT2D eigenvalue weighted by atomic mass is 16.5. The van der Waals surface area contributed by atoms with Crippen LogP contribution in [0.5, 0.6) is 0 Å². The van der Waals surface area contributed by atoms with Crippen LogP contribution in [0.25, 0.3) is 0 Å². The molecule has 0 heterocycles. The van der Waals surface area contributed by atoms with Gasteiger partial charge in [-0.2, -0.15) is 0 Å². The number of ether oxygens (including phenoxy) is 1. The summed E-state index contributed by atoms with van der Waals surface area (Å²) >= 11 is 0. The quantitative estimate of drug-likeness (QED) is 0.843. The fourth-order valence-corrected chi connectivity index (χ4v) is 1.60. The maximum absolute atomic E-state index is 11.3. The molecule has 1 aromatic rings. The standard InChI is InChI=1S/C13H17NO4/c1-3-5-9-6-7-11(10(8-9)12(15)16)14-13(17)18-4-2/h6-8H,3-5H2,1-2H3,(H,14,17)(H,15,16). The minimum atomic E-state index is -1.07. The molecular formula is C13H17NO4. The third-order valence-corrected chi connectivity index (χ3v) is 2.37. The number of carboxylic acid groups (broad SMARTS) is 1. The van der Waals surface area contributed by atoms with E-state index in [1.165, 1.54) is 0 Å². The molecule has 0 saturated heterocycles. The van der Waals surface area contributed by atoms with Crippen LogP contribution in [0, 0.1) is 0 Å². The first-order valence-electron chi connectivity index (χ1n) is 5.88. The number of rotatable bonds is 5. The molecule has 0 fully saturated rings. The number of benzene rings is 1. The van der Waals surface area contributed by atoms with E-state index in [4.69, 9.17) is 9.84 Å². The number of aryl methyl sites for hydroxylation is 1. The molecule has 98 valence electrons. The van der Waals surface area contributed by atoms with E-state index in [0.29, 0.717) is 0 Å². The average molecular weight is 251 g/mol. The van der Waals surface area contributed by atoms with Gasteiger partial charge in [-0.3, -0.25) is 5.32 Å². The van der Waals surface area contributed by atoms with E-state index in [0.717, 1.165) is 18.4 Å². The van der Waals surface area contributed by atoms with Crippen molar-refractivity contribution in [3.8, 4) is 0 Å². The number of amides is 1. The van der Waals surface area contributed by atoms with Crippen LogP contribution in [0.15, 0.2) is 18.2 Å². The molecular weight excluding hydrogens is 234 g/mol. The van der Waals surface area contributed by atoms with E-state index in [1.54, 1.807) is 25.1 Å². The number of hydrogen-bond donors (Lipinski definition) is 2. The highest BCUT2D eigenvalue weighted by Crippen LogP contribution is 2.19. The van der Waals surface area contributed by atoms with Crippen molar-refractivity contribution >= 4 is 17.7 Å². The highest BCUT2D eigenvalue weighted by Gasteiger charge is 2.13. The van der Waals surface area contributed by atoms with Crippen LogP contribution in [0.2, 0.25) is 0 Å². The van der Waals surface area contributed by atoms with Crippen molar-refractivity contribution in [3.63, 3.8) is 0 Å². The van der Waals surface area contributed by atoms with E-state index in [1.807, 2.05) is 6.92 Å². The number of aromatic carboxylic acids is 1. The van der Waals surface area contributed by atoms with Gasteiger partial charge in [-0.1, -0.05) is 19.4 Å². The second-order valence-electron chi connectivity index (χ2n) is 3.78. The Labute approximate surface area is 106 Å². The van der Waals surface area contributed by atoms with Gasteiger partial charge in [-0.25, -0.2) is 9.59 Å². The normalized spacial score (nSPS) is 9.89. The predicted molar refractivity (Wildman–Crippen MR) is 68.0 cm³/mol. The molecule has 0 bridgehead atoms. The lowest BCUT2D eigenvalue weighted by Gasteiger charge is -2.10. The van der Waals surface area contributed by atoms with E-state index < -0.39 is 12.1 Å². The minimum absolute atomic E-state index is 0.0778. The van der Waals surface area contributed by atoms with Crippen molar-refractivity contribution in [2.45, 2.75) is 26.7 Å². The molecule has 0 aromatic heterocycles. The Kier molecular flexibility index (Phi) is 5.17. The number of carboxylic acids is 1. The summed E-state index contributed by atoms with van der Waals surface area (Å²) in [5.41, 5.74) is 1.26. The Balaban J connectivity index is 2.96. The summed E-state index contributed by atoms with van der Waals surface area (Å²) in [7, 11) is 0. The molecule has 1 amide bonds. The maximum atomic E-state index is 11.3. The Hall–Kier alpha value is -2.04. The summed E-state index contributed by atoms with van der Waals surface area (Å²) in [6, 6.07) is 4.97. The predicted octanol–water partition coefficient (Wildman–Crippen LogP) is 2.91. The summed E-state index contributed by atoms with van der Waals surface area (Å²) < 4.78 is 4.72. The molecule has 5 heteroatoms. The third kappa shape index (κ3) is 3.76. The van der Waals surface area contributed by atoms with Crippen molar-refractivity contribution in [1.82, 2.24) is 0 Å². The SMILES string of the molecule is CCCc1ccc(NC(=O)OCC)c(C(=O)O)c1. The molecule has 1 aromatic carbocycles. The van der Waals surface area contributed by atoms with Crippen LogP contribution in [0.4, 0.5) is 10.5 Å². The smallest absolute Gasteiger partial charge is 0.411 e. The zero-order chi connectivity index (χ0) is 13.5. The second-order valence-corrected chi connectivity index (χ2v) is 3.78. The summed E-state index contributed by atoms with van der Waals surface area (Å²) in [6.07, 6.45) is 1.09. The van der Waals surface area contributed by atoms with Gasteiger partial charge in [0, 0.05) is 0 Å². The van der Waals surface area contributed by atoms with Gasteiger partial charge < -0.3 is 9.84 Å². The zero-order valence-electron chi connectivity index (χ0n) is 10.5. The molecule has 1 rings (SSSR count). The van der Waals surface area contributed by atoms with E-state index in [-0.39, 0.29) is 17.9 Å². The van der Waals surface area contributed by atoms with Gasteiger partial charge in [0.1, 0.15) is 0 Å². The van der Waals surface area contributed by atoms with Gasteiger partial charge in [0.05, 0.1) is 17.9 Å². The summed E-state index contributed by atoms with van der Waals surface area (Å²) in [5, 5.41) is 11.5. The van der Waals surface area contributed by atoms with Crippen LogP contribution in [0.3, 0.4) is 0 Å². The van der Waals surface area contributed by atoms with E-state index in [9.17, 15) is 9.59 Å². The topological polar surface area (TPSA) is 75.6 Å². The molecule has 0 aliphatic carbocycles. The Morgan fingerprint density at radius 3 is 2.61 bits per heavy atom. The number of carbonyl (C=O) groups is 2. The number of hydrogen-bond acceptors (Lipinski definition) is 3. The van der Waals surface area contributed by atoms with Gasteiger partial charge in [0.15, 0.2) is 0 Å². The minimum Gasteiger partial charge on any atom is -0.478 e.